The number of amides is 1. The summed E-state index contributed by atoms with van der Waals surface area (Å²) < 4.78 is 11.0. The molecular weight excluding hydrogens is 268 g/mol. The van der Waals surface area contributed by atoms with Gasteiger partial charge in [-0.2, -0.15) is 0 Å². The summed E-state index contributed by atoms with van der Waals surface area (Å²) in [5, 5.41) is 0. The van der Waals surface area contributed by atoms with Crippen molar-refractivity contribution in [3.05, 3.63) is 66.7 Å². The Morgan fingerprint density at radius 1 is 1.10 bits per heavy atom. The van der Waals surface area contributed by atoms with Crippen molar-refractivity contribution in [3.63, 3.8) is 0 Å². The number of furan rings is 1. The molecule has 21 heavy (non-hydrogen) atoms. The molecule has 0 aliphatic carbocycles. The SMILES string of the molecule is NC(=O)c1cc(Oc2ccc(-c3ccco3)cc2)ccn1. The number of hydrogen-bond donors (Lipinski definition) is 1. The predicted molar refractivity (Wildman–Crippen MR) is 77.0 cm³/mol. The summed E-state index contributed by atoms with van der Waals surface area (Å²) in [6.45, 7) is 0. The molecule has 0 saturated heterocycles. The summed E-state index contributed by atoms with van der Waals surface area (Å²) in [6.07, 6.45) is 3.11. The standard InChI is InChI=1S/C16H12N2O3/c17-16(19)14-10-13(7-8-18-14)21-12-5-3-11(4-6-12)15-2-1-9-20-15/h1-10H,(H2,17,19). The van der Waals surface area contributed by atoms with Gasteiger partial charge in [-0.05, 0) is 42.5 Å². The van der Waals surface area contributed by atoms with Crippen LogP contribution in [-0.2, 0) is 0 Å². The number of hydrogen-bond acceptors (Lipinski definition) is 4. The molecule has 5 nitrogen and oxygen atoms in total. The molecule has 0 bridgehead atoms. The zero-order valence-corrected chi connectivity index (χ0v) is 11.0. The Bertz CT molecular complexity index is 749. The molecule has 2 aromatic heterocycles. The van der Waals surface area contributed by atoms with Crippen molar-refractivity contribution in [1.29, 1.82) is 0 Å². The van der Waals surface area contributed by atoms with Crippen LogP contribution in [0.5, 0.6) is 11.5 Å². The molecule has 0 spiro atoms. The van der Waals surface area contributed by atoms with E-state index >= 15 is 0 Å². The van der Waals surface area contributed by atoms with Crippen molar-refractivity contribution in [3.8, 4) is 22.8 Å². The first-order chi connectivity index (χ1) is 10.2. The highest BCUT2D eigenvalue weighted by molar-refractivity contribution is 5.91. The second-order valence-corrected chi connectivity index (χ2v) is 4.34. The number of aromatic nitrogens is 1. The van der Waals surface area contributed by atoms with Gasteiger partial charge in [-0.1, -0.05) is 0 Å². The Morgan fingerprint density at radius 2 is 1.90 bits per heavy atom. The fourth-order valence-corrected chi connectivity index (χ4v) is 1.88. The number of primary amides is 1. The Balaban J connectivity index is 1.79. The lowest BCUT2D eigenvalue weighted by atomic mass is 10.2. The van der Waals surface area contributed by atoms with E-state index < -0.39 is 5.91 Å². The van der Waals surface area contributed by atoms with Gasteiger partial charge in [0.2, 0.25) is 0 Å². The molecule has 0 fully saturated rings. The van der Waals surface area contributed by atoms with E-state index in [0.717, 1.165) is 11.3 Å². The lowest BCUT2D eigenvalue weighted by Crippen LogP contribution is -2.12. The van der Waals surface area contributed by atoms with Crippen LogP contribution in [0.2, 0.25) is 0 Å². The lowest BCUT2D eigenvalue weighted by molar-refractivity contribution is 0.0995. The minimum absolute atomic E-state index is 0.166. The quantitative estimate of drug-likeness (QED) is 0.795. The fraction of sp³-hybridized carbons (Fsp3) is 0. The van der Waals surface area contributed by atoms with Gasteiger partial charge in [0.1, 0.15) is 23.0 Å². The van der Waals surface area contributed by atoms with Gasteiger partial charge in [-0.15, -0.1) is 0 Å². The first-order valence-corrected chi connectivity index (χ1v) is 6.30. The smallest absolute Gasteiger partial charge is 0.267 e. The highest BCUT2D eigenvalue weighted by Crippen LogP contribution is 2.26. The molecule has 0 aliphatic heterocycles. The summed E-state index contributed by atoms with van der Waals surface area (Å²) in [4.78, 5) is 14.9. The van der Waals surface area contributed by atoms with Crippen LogP contribution in [0.1, 0.15) is 10.5 Å². The zero-order chi connectivity index (χ0) is 14.7. The summed E-state index contributed by atoms with van der Waals surface area (Å²) in [5.41, 5.74) is 6.31. The molecule has 3 rings (SSSR count). The van der Waals surface area contributed by atoms with E-state index in [1.54, 1.807) is 12.3 Å². The maximum atomic E-state index is 11.1. The molecule has 0 unspecified atom stereocenters. The van der Waals surface area contributed by atoms with Gasteiger partial charge < -0.3 is 14.9 Å². The number of nitrogens with zero attached hydrogens (tertiary/aromatic N) is 1. The van der Waals surface area contributed by atoms with E-state index in [4.69, 9.17) is 14.9 Å². The summed E-state index contributed by atoms with van der Waals surface area (Å²) in [7, 11) is 0. The van der Waals surface area contributed by atoms with E-state index in [2.05, 4.69) is 4.98 Å². The normalized spacial score (nSPS) is 10.3. The van der Waals surface area contributed by atoms with E-state index in [-0.39, 0.29) is 5.69 Å². The number of ether oxygens (including phenoxy) is 1. The Labute approximate surface area is 121 Å². The number of carbonyl (C=O) groups is 1. The third-order valence-corrected chi connectivity index (χ3v) is 2.88. The van der Waals surface area contributed by atoms with Crippen molar-refractivity contribution in [2.75, 3.05) is 0 Å². The van der Waals surface area contributed by atoms with Crippen LogP contribution in [0.4, 0.5) is 0 Å². The molecule has 2 N–H and O–H groups in total. The summed E-state index contributed by atoms with van der Waals surface area (Å²) in [5.74, 6) is 1.35. The van der Waals surface area contributed by atoms with Crippen LogP contribution in [-0.4, -0.2) is 10.9 Å². The molecule has 0 radical (unpaired) electrons. The number of rotatable bonds is 4. The minimum Gasteiger partial charge on any atom is -0.464 e. The molecule has 0 saturated carbocycles. The maximum absolute atomic E-state index is 11.1. The molecule has 0 aliphatic rings. The largest absolute Gasteiger partial charge is 0.464 e. The zero-order valence-electron chi connectivity index (χ0n) is 11.0. The van der Waals surface area contributed by atoms with Gasteiger partial charge in [0.15, 0.2) is 0 Å². The molecule has 5 heteroatoms. The molecule has 104 valence electrons. The predicted octanol–water partition coefficient (Wildman–Crippen LogP) is 3.23. The van der Waals surface area contributed by atoms with Crippen LogP contribution in [0, 0.1) is 0 Å². The fourth-order valence-electron chi connectivity index (χ4n) is 1.88. The number of benzene rings is 1. The summed E-state index contributed by atoms with van der Waals surface area (Å²) in [6, 6.07) is 14.3. The third-order valence-electron chi connectivity index (χ3n) is 2.88. The molecule has 0 atom stereocenters. The van der Waals surface area contributed by atoms with Gasteiger partial charge in [0.25, 0.3) is 5.91 Å². The van der Waals surface area contributed by atoms with Crippen molar-refractivity contribution in [2.45, 2.75) is 0 Å². The van der Waals surface area contributed by atoms with Gasteiger partial charge in [0, 0.05) is 17.8 Å². The van der Waals surface area contributed by atoms with Crippen LogP contribution in [0.25, 0.3) is 11.3 Å². The van der Waals surface area contributed by atoms with Crippen LogP contribution < -0.4 is 10.5 Å². The van der Waals surface area contributed by atoms with Crippen molar-refractivity contribution < 1.29 is 13.9 Å². The number of nitrogens with two attached hydrogens (primary N) is 1. The number of carbonyl (C=O) groups excluding carboxylic acids is 1. The van der Waals surface area contributed by atoms with Crippen molar-refractivity contribution >= 4 is 5.91 Å². The minimum atomic E-state index is -0.589. The van der Waals surface area contributed by atoms with E-state index in [9.17, 15) is 4.79 Å². The second kappa shape index (κ2) is 5.50. The van der Waals surface area contributed by atoms with Crippen molar-refractivity contribution in [2.24, 2.45) is 5.73 Å². The first kappa shape index (κ1) is 12.9. The molecule has 1 aromatic carbocycles. The molecule has 1 amide bonds. The average Bonchev–Trinajstić information content (AvgIpc) is 3.02. The Morgan fingerprint density at radius 3 is 2.57 bits per heavy atom. The lowest BCUT2D eigenvalue weighted by Gasteiger charge is -2.06. The van der Waals surface area contributed by atoms with Crippen LogP contribution >= 0.6 is 0 Å². The van der Waals surface area contributed by atoms with Gasteiger partial charge in [-0.3, -0.25) is 9.78 Å². The van der Waals surface area contributed by atoms with Gasteiger partial charge >= 0.3 is 0 Å². The molecule has 2 heterocycles. The Kier molecular flexibility index (Phi) is 3.39. The first-order valence-electron chi connectivity index (χ1n) is 6.30. The molecular formula is C16H12N2O3. The third kappa shape index (κ3) is 2.92. The second-order valence-electron chi connectivity index (χ2n) is 4.34. The highest BCUT2D eigenvalue weighted by atomic mass is 16.5. The van der Waals surface area contributed by atoms with Crippen LogP contribution in [0.3, 0.4) is 0 Å². The van der Waals surface area contributed by atoms with E-state index in [1.165, 1.54) is 12.3 Å². The van der Waals surface area contributed by atoms with Crippen LogP contribution in [0.15, 0.2) is 65.4 Å². The Hall–Kier alpha value is -3.08. The monoisotopic (exact) mass is 280 g/mol. The topological polar surface area (TPSA) is 78.4 Å². The number of pyridine rings is 1. The van der Waals surface area contributed by atoms with E-state index in [0.29, 0.717) is 11.5 Å². The van der Waals surface area contributed by atoms with Gasteiger partial charge in [0.05, 0.1) is 6.26 Å². The maximum Gasteiger partial charge on any atom is 0.267 e. The average molecular weight is 280 g/mol. The van der Waals surface area contributed by atoms with Gasteiger partial charge in [-0.25, -0.2) is 0 Å². The van der Waals surface area contributed by atoms with Crippen molar-refractivity contribution in [1.82, 2.24) is 4.98 Å². The summed E-state index contributed by atoms with van der Waals surface area (Å²) >= 11 is 0. The van der Waals surface area contributed by atoms with E-state index in [1.807, 2.05) is 36.4 Å². The highest BCUT2D eigenvalue weighted by Gasteiger charge is 2.05. The molecule has 3 aromatic rings.